The monoisotopic (exact) mass is 346 g/mol. The summed E-state index contributed by atoms with van der Waals surface area (Å²) in [5.74, 6) is -3.94. The molecule has 0 amide bonds. The van der Waals surface area contributed by atoms with Gasteiger partial charge in [-0.1, -0.05) is 12.1 Å². The molecule has 0 spiro atoms. The Labute approximate surface area is 132 Å². The highest BCUT2D eigenvalue weighted by molar-refractivity contribution is 7.86. The summed E-state index contributed by atoms with van der Waals surface area (Å²) in [7, 11) is -3.88. The number of fused-ring (bicyclic) bond motifs is 1. The van der Waals surface area contributed by atoms with Crippen LogP contribution < -0.4 is 0 Å². The number of nitrogens with zero attached hydrogens (tertiary/aromatic N) is 2. The van der Waals surface area contributed by atoms with E-state index < -0.39 is 34.9 Å². The summed E-state index contributed by atoms with van der Waals surface area (Å²) < 4.78 is 53.8. The number of hydrogen-bond donors (Lipinski definition) is 1. The molecule has 2 aliphatic heterocycles. The lowest BCUT2D eigenvalue weighted by atomic mass is 10.0. The van der Waals surface area contributed by atoms with Gasteiger partial charge in [0.1, 0.15) is 0 Å². The van der Waals surface area contributed by atoms with E-state index in [-0.39, 0.29) is 31.7 Å². The lowest BCUT2D eigenvalue weighted by Crippen LogP contribution is -2.47. The molecule has 2 heterocycles. The first-order valence-corrected chi connectivity index (χ1v) is 8.57. The second-order valence-electron chi connectivity index (χ2n) is 5.78. The number of benzene rings is 1. The third kappa shape index (κ3) is 2.96. The molecule has 1 fully saturated rings. The van der Waals surface area contributed by atoms with Crippen molar-refractivity contribution in [1.29, 1.82) is 0 Å². The van der Waals surface area contributed by atoms with Crippen molar-refractivity contribution in [1.82, 2.24) is 8.61 Å². The van der Waals surface area contributed by atoms with Crippen LogP contribution in [0, 0.1) is 0 Å². The average Bonchev–Trinajstić information content (AvgIpc) is 2.91. The van der Waals surface area contributed by atoms with Crippen molar-refractivity contribution in [3.8, 4) is 0 Å². The first-order chi connectivity index (χ1) is 10.7. The molecule has 23 heavy (non-hydrogen) atoms. The van der Waals surface area contributed by atoms with E-state index in [0.29, 0.717) is 11.1 Å². The number of piperidine rings is 1. The van der Waals surface area contributed by atoms with Crippen LogP contribution in [0.5, 0.6) is 0 Å². The summed E-state index contributed by atoms with van der Waals surface area (Å²) in [6, 6.07) is 4.68. The fraction of sp³-hybridized carbons (Fsp3) is 0.500. The zero-order valence-corrected chi connectivity index (χ0v) is 13.0. The van der Waals surface area contributed by atoms with Gasteiger partial charge in [0, 0.05) is 39.0 Å². The normalized spacial score (nSPS) is 22.0. The van der Waals surface area contributed by atoms with Gasteiger partial charge in [0.2, 0.25) is 0 Å². The van der Waals surface area contributed by atoms with Gasteiger partial charge in [-0.15, -0.1) is 0 Å². The lowest BCUT2D eigenvalue weighted by molar-refractivity contribution is -0.0419. The molecule has 6 nitrogen and oxygen atoms in total. The van der Waals surface area contributed by atoms with Gasteiger partial charge >= 0.3 is 5.97 Å². The van der Waals surface area contributed by atoms with Gasteiger partial charge in [-0.05, 0) is 17.2 Å². The SMILES string of the molecule is O=C(O)c1cccc2c1CN(S(=O)(=O)N1CCC(F)(F)CC1)C2. The van der Waals surface area contributed by atoms with Crippen LogP contribution in [0.4, 0.5) is 8.78 Å². The number of carboxylic acids is 1. The highest BCUT2D eigenvalue weighted by Crippen LogP contribution is 2.33. The van der Waals surface area contributed by atoms with Crippen LogP contribution in [0.3, 0.4) is 0 Å². The topological polar surface area (TPSA) is 77.9 Å². The Kier molecular flexibility index (Phi) is 3.89. The second kappa shape index (κ2) is 5.50. The molecule has 0 bridgehead atoms. The van der Waals surface area contributed by atoms with E-state index in [0.717, 1.165) is 8.61 Å². The van der Waals surface area contributed by atoms with Crippen molar-refractivity contribution < 1.29 is 27.1 Å². The standard InChI is InChI=1S/C14H16F2N2O4S/c15-14(16)4-6-17(7-5-14)23(21,22)18-8-10-2-1-3-11(13(19)20)12(10)9-18/h1-3H,4-9H2,(H,19,20). The third-order valence-electron chi connectivity index (χ3n) is 4.29. The summed E-state index contributed by atoms with van der Waals surface area (Å²) in [5, 5.41) is 9.18. The van der Waals surface area contributed by atoms with E-state index >= 15 is 0 Å². The predicted molar refractivity (Wildman–Crippen MR) is 77.3 cm³/mol. The lowest BCUT2D eigenvalue weighted by Gasteiger charge is -2.33. The molecule has 0 atom stereocenters. The van der Waals surface area contributed by atoms with Crippen LogP contribution in [0.25, 0.3) is 0 Å². The molecule has 9 heteroatoms. The molecule has 0 unspecified atom stereocenters. The molecule has 1 N–H and O–H groups in total. The van der Waals surface area contributed by atoms with Crippen LogP contribution in [0.1, 0.15) is 34.3 Å². The van der Waals surface area contributed by atoms with Gasteiger partial charge < -0.3 is 5.11 Å². The first kappa shape index (κ1) is 16.3. The summed E-state index contributed by atoms with van der Waals surface area (Å²) in [5.41, 5.74) is 1.17. The second-order valence-corrected chi connectivity index (χ2v) is 7.71. The number of alkyl halides is 2. The maximum atomic E-state index is 13.2. The van der Waals surface area contributed by atoms with Gasteiger partial charge in [0.25, 0.3) is 16.1 Å². The van der Waals surface area contributed by atoms with E-state index in [1.54, 1.807) is 12.1 Å². The number of hydrogen-bond acceptors (Lipinski definition) is 3. The number of carbonyl (C=O) groups is 1. The molecule has 0 radical (unpaired) electrons. The zero-order chi connectivity index (χ0) is 16.8. The number of aromatic carboxylic acids is 1. The molecule has 2 aliphatic rings. The predicted octanol–water partition coefficient (Wildman–Crippen LogP) is 1.68. The van der Waals surface area contributed by atoms with Crippen molar-refractivity contribution in [2.24, 2.45) is 0 Å². The molecule has 1 aromatic rings. The van der Waals surface area contributed by atoms with E-state index in [9.17, 15) is 27.1 Å². The third-order valence-corrected chi connectivity index (χ3v) is 6.22. The Bertz CT molecular complexity index is 741. The molecular formula is C14H16F2N2O4S. The summed E-state index contributed by atoms with van der Waals surface area (Å²) >= 11 is 0. The van der Waals surface area contributed by atoms with Gasteiger partial charge in [0.05, 0.1) is 5.56 Å². The van der Waals surface area contributed by atoms with Gasteiger partial charge in [0.15, 0.2) is 0 Å². The molecule has 0 saturated carbocycles. The fourth-order valence-electron chi connectivity index (χ4n) is 2.96. The van der Waals surface area contributed by atoms with Crippen LogP contribution in [-0.4, -0.2) is 47.1 Å². The minimum atomic E-state index is -3.88. The highest BCUT2D eigenvalue weighted by atomic mass is 32.2. The van der Waals surface area contributed by atoms with Gasteiger partial charge in [-0.2, -0.15) is 17.0 Å². The van der Waals surface area contributed by atoms with Crippen molar-refractivity contribution in [2.45, 2.75) is 31.9 Å². The Hall–Kier alpha value is -1.58. The Morgan fingerprint density at radius 1 is 1.13 bits per heavy atom. The Balaban J connectivity index is 1.81. The molecular weight excluding hydrogens is 330 g/mol. The molecule has 126 valence electrons. The van der Waals surface area contributed by atoms with Crippen LogP contribution in [0.15, 0.2) is 18.2 Å². The van der Waals surface area contributed by atoms with Crippen molar-refractivity contribution >= 4 is 16.2 Å². The van der Waals surface area contributed by atoms with Crippen LogP contribution in [0.2, 0.25) is 0 Å². The number of carboxylic acid groups (broad SMARTS) is 1. The molecule has 0 aliphatic carbocycles. The molecule has 1 aromatic carbocycles. The fourth-order valence-corrected chi connectivity index (χ4v) is 4.53. The van der Waals surface area contributed by atoms with Crippen molar-refractivity contribution in [3.63, 3.8) is 0 Å². The maximum Gasteiger partial charge on any atom is 0.336 e. The first-order valence-electron chi connectivity index (χ1n) is 7.18. The van der Waals surface area contributed by atoms with E-state index in [1.165, 1.54) is 6.07 Å². The Morgan fingerprint density at radius 3 is 2.39 bits per heavy atom. The van der Waals surface area contributed by atoms with Crippen molar-refractivity contribution in [2.75, 3.05) is 13.1 Å². The van der Waals surface area contributed by atoms with E-state index in [2.05, 4.69) is 0 Å². The summed E-state index contributed by atoms with van der Waals surface area (Å²) in [4.78, 5) is 11.2. The zero-order valence-electron chi connectivity index (χ0n) is 12.2. The Morgan fingerprint density at radius 2 is 1.78 bits per heavy atom. The highest BCUT2D eigenvalue weighted by Gasteiger charge is 2.41. The number of rotatable bonds is 3. The van der Waals surface area contributed by atoms with E-state index in [4.69, 9.17) is 0 Å². The summed E-state index contributed by atoms with van der Waals surface area (Å²) in [6.45, 7) is -0.444. The minimum absolute atomic E-state index is 0.0486. The minimum Gasteiger partial charge on any atom is -0.478 e. The maximum absolute atomic E-state index is 13.2. The van der Waals surface area contributed by atoms with Gasteiger partial charge in [-0.25, -0.2) is 13.6 Å². The average molecular weight is 346 g/mol. The van der Waals surface area contributed by atoms with Gasteiger partial charge in [-0.3, -0.25) is 0 Å². The quantitative estimate of drug-likeness (QED) is 0.903. The smallest absolute Gasteiger partial charge is 0.336 e. The van der Waals surface area contributed by atoms with E-state index in [1.807, 2.05) is 0 Å². The largest absolute Gasteiger partial charge is 0.478 e. The van der Waals surface area contributed by atoms with Crippen LogP contribution >= 0.6 is 0 Å². The van der Waals surface area contributed by atoms with Crippen molar-refractivity contribution in [3.05, 3.63) is 34.9 Å². The molecule has 1 saturated heterocycles. The van der Waals surface area contributed by atoms with Crippen LogP contribution in [-0.2, 0) is 23.3 Å². The molecule has 3 rings (SSSR count). The summed E-state index contributed by atoms with van der Waals surface area (Å²) in [6.07, 6.45) is -0.985. The number of halogens is 2. The molecule has 0 aromatic heterocycles.